The van der Waals surface area contributed by atoms with Crippen molar-refractivity contribution in [1.29, 1.82) is 0 Å². The standard InChI is InChI=1S/C21H26FN3O2/c1-16(21(27)23(2)15-17-6-5-7-18(22)14-17)24-10-12-25(13-11-24)19-8-3-4-9-20(19)26/h3-9,14,16,26H,10-13,15H2,1-2H3/p+1/t16-/m1/s1. The van der Waals surface area contributed by atoms with Gasteiger partial charge in [-0.15, -0.1) is 0 Å². The third kappa shape index (κ3) is 4.57. The van der Waals surface area contributed by atoms with Crippen LogP contribution in [0, 0.1) is 5.82 Å². The highest BCUT2D eigenvalue weighted by Gasteiger charge is 2.31. The summed E-state index contributed by atoms with van der Waals surface area (Å²) in [6.45, 7) is 5.59. The first kappa shape index (κ1) is 19.2. The molecule has 27 heavy (non-hydrogen) atoms. The van der Waals surface area contributed by atoms with Crippen molar-refractivity contribution in [2.45, 2.75) is 19.5 Å². The third-order valence-corrected chi connectivity index (χ3v) is 5.30. The van der Waals surface area contributed by atoms with Crippen LogP contribution in [0.25, 0.3) is 0 Å². The second kappa shape index (κ2) is 8.39. The zero-order valence-electron chi connectivity index (χ0n) is 15.9. The van der Waals surface area contributed by atoms with Crippen molar-refractivity contribution in [3.63, 3.8) is 0 Å². The molecule has 6 heteroatoms. The van der Waals surface area contributed by atoms with Crippen molar-refractivity contribution in [1.82, 2.24) is 4.90 Å². The maximum absolute atomic E-state index is 13.3. The van der Waals surface area contributed by atoms with Gasteiger partial charge in [-0.25, -0.2) is 4.39 Å². The fraction of sp³-hybridized carbons (Fsp3) is 0.381. The van der Waals surface area contributed by atoms with Gasteiger partial charge < -0.3 is 19.8 Å². The van der Waals surface area contributed by atoms with Crippen LogP contribution in [0.2, 0.25) is 0 Å². The Labute approximate surface area is 159 Å². The molecule has 0 spiro atoms. The Balaban J connectivity index is 1.56. The molecule has 144 valence electrons. The van der Waals surface area contributed by atoms with Crippen molar-refractivity contribution < 1.29 is 19.2 Å². The number of aromatic hydroxyl groups is 1. The van der Waals surface area contributed by atoms with Crippen molar-refractivity contribution in [3.8, 4) is 5.75 Å². The summed E-state index contributed by atoms with van der Waals surface area (Å²) >= 11 is 0. The molecule has 2 N–H and O–H groups in total. The van der Waals surface area contributed by atoms with Crippen LogP contribution in [0.1, 0.15) is 12.5 Å². The van der Waals surface area contributed by atoms with E-state index in [0.717, 1.165) is 37.4 Å². The molecule has 2 aromatic carbocycles. The van der Waals surface area contributed by atoms with Gasteiger partial charge in [0.25, 0.3) is 5.91 Å². The summed E-state index contributed by atoms with van der Waals surface area (Å²) < 4.78 is 13.3. The van der Waals surface area contributed by atoms with Crippen molar-refractivity contribution >= 4 is 11.6 Å². The Morgan fingerprint density at radius 3 is 2.59 bits per heavy atom. The number of anilines is 1. The molecule has 1 aliphatic rings. The van der Waals surface area contributed by atoms with Crippen LogP contribution in [-0.4, -0.2) is 55.2 Å². The lowest BCUT2D eigenvalue weighted by molar-refractivity contribution is -0.915. The Morgan fingerprint density at radius 2 is 1.93 bits per heavy atom. The van der Waals surface area contributed by atoms with Crippen LogP contribution < -0.4 is 9.80 Å². The summed E-state index contributed by atoms with van der Waals surface area (Å²) in [6.07, 6.45) is 0. The lowest BCUT2D eigenvalue weighted by Gasteiger charge is -2.37. The molecule has 1 atom stereocenters. The molecule has 2 aromatic rings. The molecule has 1 amide bonds. The Kier molecular flexibility index (Phi) is 5.96. The number of hydrogen-bond donors (Lipinski definition) is 2. The SMILES string of the molecule is C[C@H](C(=O)N(C)Cc1cccc(F)c1)[NH+]1CCN(c2ccccc2O)CC1. The summed E-state index contributed by atoms with van der Waals surface area (Å²) in [4.78, 5) is 17.9. The van der Waals surface area contributed by atoms with Gasteiger partial charge in [-0.3, -0.25) is 4.79 Å². The second-order valence-corrected chi connectivity index (χ2v) is 7.18. The normalized spacial score (nSPS) is 16.2. The van der Waals surface area contributed by atoms with Gasteiger partial charge in [0.15, 0.2) is 6.04 Å². The van der Waals surface area contributed by atoms with E-state index in [1.54, 1.807) is 24.1 Å². The maximum atomic E-state index is 13.3. The number of quaternary nitrogens is 1. The lowest BCUT2D eigenvalue weighted by atomic mass is 10.1. The largest absolute Gasteiger partial charge is 0.506 e. The fourth-order valence-electron chi connectivity index (χ4n) is 3.69. The number of phenolic OH excluding ortho intramolecular Hbond substituents is 1. The van der Waals surface area contributed by atoms with Gasteiger partial charge in [0.2, 0.25) is 0 Å². The summed E-state index contributed by atoms with van der Waals surface area (Å²) in [7, 11) is 1.77. The summed E-state index contributed by atoms with van der Waals surface area (Å²) in [5.41, 5.74) is 1.64. The van der Waals surface area contributed by atoms with Crippen LogP contribution in [0.4, 0.5) is 10.1 Å². The van der Waals surface area contributed by atoms with E-state index in [2.05, 4.69) is 4.90 Å². The number of amides is 1. The number of likely N-dealkylation sites (N-methyl/N-ethyl adjacent to an activating group) is 1. The fourth-order valence-corrected chi connectivity index (χ4v) is 3.69. The van der Waals surface area contributed by atoms with Crippen LogP contribution >= 0.6 is 0 Å². The van der Waals surface area contributed by atoms with Crippen molar-refractivity contribution in [2.24, 2.45) is 0 Å². The quantitative estimate of drug-likeness (QED) is 0.831. The second-order valence-electron chi connectivity index (χ2n) is 7.18. The predicted molar refractivity (Wildman–Crippen MR) is 103 cm³/mol. The van der Waals surface area contributed by atoms with Crippen LogP contribution in [0.5, 0.6) is 5.75 Å². The van der Waals surface area contributed by atoms with E-state index in [1.165, 1.54) is 17.0 Å². The molecule has 0 bridgehead atoms. The van der Waals surface area contributed by atoms with Gasteiger partial charge in [0.1, 0.15) is 11.6 Å². The predicted octanol–water partition coefficient (Wildman–Crippen LogP) is 1.28. The molecule has 3 rings (SSSR count). The van der Waals surface area contributed by atoms with E-state index in [0.29, 0.717) is 12.3 Å². The van der Waals surface area contributed by atoms with Gasteiger partial charge in [-0.05, 0) is 36.8 Å². The van der Waals surface area contributed by atoms with Crippen LogP contribution in [0.15, 0.2) is 48.5 Å². The first-order valence-electron chi connectivity index (χ1n) is 9.32. The average molecular weight is 372 g/mol. The zero-order chi connectivity index (χ0) is 19.4. The monoisotopic (exact) mass is 372 g/mol. The first-order valence-corrected chi connectivity index (χ1v) is 9.32. The number of carbonyl (C=O) groups is 1. The molecule has 0 aromatic heterocycles. The zero-order valence-corrected chi connectivity index (χ0v) is 15.9. The first-order chi connectivity index (χ1) is 13.0. The molecule has 1 fully saturated rings. The third-order valence-electron chi connectivity index (χ3n) is 5.30. The van der Waals surface area contributed by atoms with Crippen molar-refractivity contribution in [2.75, 3.05) is 38.1 Å². The summed E-state index contributed by atoms with van der Waals surface area (Å²) in [5, 5.41) is 10.0. The van der Waals surface area contributed by atoms with Gasteiger partial charge >= 0.3 is 0 Å². The smallest absolute Gasteiger partial charge is 0.280 e. The average Bonchev–Trinajstić information content (AvgIpc) is 2.67. The minimum atomic E-state index is -0.285. The minimum absolute atomic E-state index is 0.0604. The number of rotatable bonds is 5. The number of benzene rings is 2. The lowest BCUT2D eigenvalue weighted by Crippen LogP contribution is -3.19. The Hall–Kier alpha value is -2.60. The summed E-state index contributed by atoms with van der Waals surface area (Å²) in [6, 6.07) is 13.6. The van der Waals surface area contributed by atoms with Crippen LogP contribution in [-0.2, 0) is 11.3 Å². The number of nitrogens with zero attached hydrogens (tertiary/aromatic N) is 2. The highest BCUT2D eigenvalue weighted by Crippen LogP contribution is 2.26. The molecular formula is C21H27FN3O2+. The molecular weight excluding hydrogens is 345 g/mol. The summed E-state index contributed by atoms with van der Waals surface area (Å²) in [5.74, 6) is 0.0671. The molecule has 0 radical (unpaired) electrons. The molecule has 1 aliphatic heterocycles. The van der Waals surface area contributed by atoms with Crippen LogP contribution in [0.3, 0.4) is 0 Å². The molecule has 0 aliphatic carbocycles. The van der Waals surface area contributed by atoms with E-state index < -0.39 is 0 Å². The Bertz CT molecular complexity index is 791. The van der Waals surface area contributed by atoms with E-state index in [-0.39, 0.29) is 17.8 Å². The van der Waals surface area contributed by atoms with Gasteiger partial charge in [-0.2, -0.15) is 0 Å². The number of carbonyl (C=O) groups excluding carboxylic acids is 1. The van der Waals surface area contributed by atoms with E-state index in [4.69, 9.17) is 0 Å². The molecule has 0 unspecified atom stereocenters. The van der Waals surface area contributed by atoms with E-state index in [9.17, 15) is 14.3 Å². The number of phenols is 1. The number of para-hydroxylation sites is 2. The topological polar surface area (TPSA) is 48.2 Å². The number of hydrogen-bond acceptors (Lipinski definition) is 3. The van der Waals surface area contributed by atoms with Gasteiger partial charge in [0.05, 0.1) is 31.9 Å². The highest BCUT2D eigenvalue weighted by atomic mass is 19.1. The van der Waals surface area contributed by atoms with Gasteiger partial charge in [0, 0.05) is 13.6 Å². The number of halogens is 1. The molecule has 5 nitrogen and oxygen atoms in total. The number of piperazine rings is 1. The Morgan fingerprint density at radius 1 is 1.22 bits per heavy atom. The maximum Gasteiger partial charge on any atom is 0.280 e. The van der Waals surface area contributed by atoms with E-state index >= 15 is 0 Å². The minimum Gasteiger partial charge on any atom is -0.506 e. The van der Waals surface area contributed by atoms with Crippen molar-refractivity contribution in [3.05, 3.63) is 59.9 Å². The van der Waals surface area contributed by atoms with Gasteiger partial charge in [-0.1, -0.05) is 24.3 Å². The number of nitrogens with one attached hydrogen (secondary N) is 1. The molecule has 1 heterocycles. The highest BCUT2D eigenvalue weighted by molar-refractivity contribution is 5.79. The molecule has 0 saturated carbocycles. The van der Waals surface area contributed by atoms with E-state index in [1.807, 2.05) is 31.2 Å². The molecule has 1 saturated heterocycles.